The van der Waals surface area contributed by atoms with E-state index in [1.165, 1.54) is 0 Å². The molecule has 0 atom stereocenters. The number of hydrogen-bond acceptors (Lipinski definition) is 6. The van der Waals surface area contributed by atoms with Gasteiger partial charge in [0, 0.05) is 61.6 Å². The normalized spacial score (nSPS) is 14.9. The Kier molecular flexibility index (Phi) is 6.32. The SMILES string of the molecule is CN1CCN(c2cccc(NCCCNc3ccnc4cc(Cl)ccc34)n2)CC1. The lowest BCUT2D eigenvalue weighted by molar-refractivity contribution is 0.312. The topological polar surface area (TPSA) is 56.3 Å². The van der Waals surface area contributed by atoms with Crippen molar-refractivity contribution < 1.29 is 0 Å². The molecule has 0 bridgehead atoms. The molecule has 7 heteroatoms. The van der Waals surface area contributed by atoms with Crippen LogP contribution in [0.15, 0.2) is 48.7 Å². The van der Waals surface area contributed by atoms with Gasteiger partial charge in [0.1, 0.15) is 11.6 Å². The predicted octanol–water partition coefficient (Wildman–Crippen LogP) is 3.95. The number of anilines is 3. The van der Waals surface area contributed by atoms with Gasteiger partial charge in [0.15, 0.2) is 0 Å². The molecule has 3 heterocycles. The molecule has 1 aliphatic rings. The van der Waals surface area contributed by atoms with Gasteiger partial charge in [0.2, 0.25) is 0 Å². The summed E-state index contributed by atoms with van der Waals surface area (Å²) in [5.74, 6) is 1.99. The molecule has 0 aliphatic carbocycles. The zero-order valence-electron chi connectivity index (χ0n) is 16.7. The highest BCUT2D eigenvalue weighted by Gasteiger charge is 2.15. The van der Waals surface area contributed by atoms with Crippen LogP contribution in [0.5, 0.6) is 0 Å². The molecular weight excluding hydrogens is 384 g/mol. The number of nitrogens with zero attached hydrogens (tertiary/aromatic N) is 4. The van der Waals surface area contributed by atoms with E-state index in [2.05, 4.69) is 44.6 Å². The van der Waals surface area contributed by atoms with Crippen LogP contribution in [0.25, 0.3) is 10.9 Å². The van der Waals surface area contributed by atoms with Crippen molar-refractivity contribution >= 4 is 39.8 Å². The Morgan fingerprint density at radius 2 is 1.83 bits per heavy atom. The monoisotopic (exact) mass is 410 g/mol. The first kappa shape index (κ1) is 19.7. The zero-order chi connectivity index (χ0) is 20.1. The smallest absolute Gasteiger partial charge is 0.131 e. The minimum atomic E-state index is 0.706. The Balaban J connectivity index is 1.27. The fourth-order valence-electron chi connectivity index (χ4n) is 3.54. The number of pyridine rings is 2. The number of piperazine rings is 1. The summed E-state index contributed by atoms with van der Waals surface area (Å²) in [6.45, 7) is 5.96. The zero-order valence-corrected chi connectivity index (χ0v) is 17.5. The molecule has 1 fully saturated rings. The van der Waals surface area contributed by atoms with Gasteiger partial charge in [-0.3, -0.25) is 4.98 Å². The van der Waals surface area contributed by atoms with E-state index in [-0.39, 0.29) is 0 Å². The van der Waals surface area contributed by atoms with Gasteiger partial charge in [-0.15, -0.1) is 0 Å². The molecule has 0 saturated carbocycles. The number of hydrogen-bond donors (Lipinski definition) is 2. The van der Waals surface area contributed by atoms with Crippen LogP contribution in [0.4, 0.5) is 17.3 Å². The van der Waals surface area contributed by atoms with Crippen LogP contribution in [0.3, 0.4) is 0 Å². The number of nitrogens with one attached hydrogen (secondary N) is 2. The van der Waals surface area contributed by atoms with E-state index in [0.717, 1.165) is 73.9 Å². The third-order valence-electron chi connectivity index (χ3n) is 5.24. The number of benzene rings is 1. The molecule has 1 aromatic carbocycles. The number of halogens is 1. The Hall–Kier alpha value is -2.57. The lowest BCUT2D eigenvalue weighted by atomic mass is 10.2. The van der Waals surface area contributed by atoms with Crippen molar-refractivity contribution in [3.05, 3.63) is 53.7 Å². The van der Waals surface area contributed by atoms with Crippen LogP contribution in [-0.4, -0.2) is 61.2 Å². The largest absolute Gasteiger partial charge is 0.384 e. The van der Waals surface area contributed by atoms with E-state index < -0.39 is 0 Å². The maximum Gasteiger partial charge on any atom is 0.131 e. The third kappa shape index (κ3) is 5.08. The predicted molar refractivity (Wildman–Crippen MR) is 122 cm³/mol. The van der Waals surface area contributed by atoms with Crippen LogP contribution in [0.2, 0.25) is 5.02 Å². The summed E-state index contributed by atoms with van der Waals surface area (Å²) in [4.78, 5) is 13.9. The Morgan fingerprint density at radius 1 is 1.00 bits per heavy atom. The average Bonchev–Trinajstić information content (AvgIpc) is 2.74. The summed E-state index contributed by atoms with van der Waals surface area (Å²) < 4.78 is 0. The Labute approximate surface area is 176 Å². The van der Waals surface area contributed by atoms with Crippen molar-refractivity contribution in [2.24, 2.45) is 0 Å². The summed E-state index contributed by atoms with van der Waals surface area (Å²) in [5.41, 5.74) is 1.99. The first-order valence-corrected chi connectivity index (χ1v) is 10.5. The van der Waals surface area contributed by atoms with Gasteiger partial charge in [-0.2, -0.15) is 0 Å². The van der Waals surface area contributed by atoms with Crippen LogP contribution < -0.4 is 15.5 Å². The van der Waals surface area contributed by atoms with Gasteiger partial charge < -0.3 is 20.4 Å². The van der Waals surface area contributed by atoms with Gasteiger partial charge in [0.05, 0.1) is 5.52 Å². The van der Waals surface area contributed by atoms with Crippen LogP contribution >= 0.6 is 11.6 Å². The van der Waals surface area contributed by atoms with Crippen molar-refractivity contribution in [1.82, 2.24) is 14.9 Å². The molecule has 2 aromatic heterocycles. The summed E-state index contributed by atoms with van der Waals surface area (Å²) in [5, 5.41) is 8.75. The summed E-state index contributed by atoms with van der Waals surface area (Å²) >= 11 is 6.06. The summed E-state index contributed by atoms with van der Waals surface area (Å²) in [6, 6.07) is 14.0. The van der Waals surface area contributed by atoms with Gasteiger partial charge in [0.25, 0.3) is 0 Å². The minimum absolute atomic E-state index is 0.706. The first-order chi connectivity index (χ1) is 14.2. The standard InChI is InChI=1S/C22H27ClN6/c1-28-12-14-29(15-13-28)22-5-2-4-21(27-22)26-10-3-9-24-19-8-11-25-20-16-17(23)6-7-18(19)20/h2,4-8,11,16H,3,9-10,12-15H2,1H3,(H,24,25)(H,26,27). The van der Waals surface area contributed by atoms with Crippen LogP contribution in [0, 0.1) is 0 Å². The van der Waals surface area contributed by atoms with Crippen molar-refractivity contribution in [2.75, 3.05) is 61.8 Å². The molecule has 152 valence electrons. The second kappa shape index (κ2) is 9.29. The molecule has 0 amide bonds. The summed E-state index contributed by atoms with van der Waals surface area (Å²) in [6.07, 6.45) is 2.80. The van der Waals surface area contributed by atoms with E-state index in [1.54, 1.807) is 0 Å². The van der Waals surface area contributed by atoms with E-state index in [1.807, 2.05) is 36.5 Å². The van der Waals surface area contributed by atoms with Gasteiger partial charge in [-0.25, -0.2) is 4.98 Å². The second-order valence-corrected chi connectivity index (χ2v) is 7.83. The maximum atomic E-state index is 6.06. The molecule has 1 saturated heterocycles. The van der Waals surface area contributed by atoms with Crippen molar-refractivity contribution in [2.45, 2.75) is 6.42 Å². The molecule has 29 heavy (non-hydrogen) atoms. The van der Waals surface area contributed by atoms with Gasteiger partial charge in [-0.1, -0.05) is 17.7 Å². The van der Waals surface area contributed by atoms with Crippen molar-refractivity contribution in [3.63, 3.8) is 0 Å². The van der Waals surface area contributed by atoms with E-state index in [0.29, 0.717) is 5.02 Å². The third-order valence-corrected chi connectivity index (χ3v) is 5.48. The van der Waals surface area contributed by atoms with E-state index in [9.17, 15) is 0 Å². The van der Waals surface area contributed by atoms with Gasteiger partial charge in [-0.05, 0) is 49.9 Å². The highest BCUT2D eigenvalue weighted by molar-refractivity contribution is 6.31. The summed E-state index contributed by atoms with van der Waals surface area (Å²) in [7, 11) is 2.17. The quantitative estimate of drug-likeness (QED) is 0.575. The molecular formula is C22H27ClN6. The molecule has 3 aromatic rings. The number of aromatic nitrogens is 2. The molecule has 6 nitrogen and oxygen atoms in total. The first-order valence-electron chi connectivity index (χ1n) is 10.1. The lowest BCUT2D eigenvalue weighted by Crippen LogP contribution is -2.44. The highest BCUT2D eigenvalue weighted by Crippen LogP contribution is 2.24. The highest BCUT2D eigenvalue weighted by atomic mass is 35.5. The van der Waals surface area contributed by atoms with Crippen molar-refractivity contribution in [1.29, 1.82) is 0 Å². The second-order valence-electron chi connectivity index (χ2n) is 7.40. The number of fused-ring (bicyclic) bond motifs is 1. The fourth-order valence-corrected chi connectivity index (χ4v) is 3.70. The van der Waals surface area contributed by atoms with Gasteiger partial charge >= 0.3 is 0 Å². The molecule has 2 N–H and O–H groups in total. The number of likely N-dealkylation sites (N-methyl/N-ethyl adjacent to an activating group) is 1. The van der Waals surface area contributed by atoms with E-state index >= 15 is 0 Å². The van der Waals surface area contributed by atoms with Crippen molar-refractivity contribution in [3.8, 4) is 0 Å². The number of rotatable bonds is 7. The average molecular weight is 411 g/mol. The van der Waals surface area contributed by atoms with Crippen LogP contribution in [-0.2, 0) is 0 Å². The molecule has 1 aliphatic heterocycles. The van der Waals surface area contributed by atoms with E-state index in [4.69, 9.17) is 16.6 Å². The lowest BCUT2D eigenvalue weighted by Gasteiger charge is -2.33. The maximum absolute atomic E-state index is 6.06. The fraction of sp³-hybridized carbons (Fsp3) is 0.364. The molecule has 0 unspecified atom stereocenters. The molecule has 0 spiro atoms. The molecule has 4 rings (SSSR count). The Bertz CT molecular complexity index is 955. The van der Waals surface area contributed by atoms with Crippen LogP contribution in [0.1, 0.15) is 6.42 Å². The molecule has 0 radical (unpaired) electrons. The Morgan fingerprint density at radius 3 is 2.69 bits per heavy atom. The minimum Gasteiger partial charge on any atom is -0.384 e.